The van der Waals surface area contributed by atoms with Gasteiger partial charge in [-0.15, -0.1) is 0 Å². The minimum absolute atomic E-state index is 0.0600. The van der Waals surface area contributed by atoms with Gasteiger partial charge in [0.25, 0.3) is 0 Å². The van der Waals surface area contributed by atoms with E-state index >= 15 is 0 Å². The molecule has 0 radical (unpaired) electrons. The van der Waals surface area contributed by atoms with Gasteiger partial charge >= 0.3 is 5.69 Å². The number of aromatic nitrogens is 1. The molecule has 0 amide bonds. The van der Waals surface area contributed by atoms with Crippen LogP contribution in [0.4, 0.5) is 17.3 Å². The van der Waals surface area contributed by atoms with Crippen molar-refractivity contribution in [3.8, 4) is 0 Å². The second-order valence-electron chi connectivity index (χ2n) is 4.01. The van der Waals surface area contributed by atoms with Crippen molar-refractivity contribution in [3.63, 3.8) is 0 Å². The molecule has 0 aliphatic heterocycles. The van der Waals surface area contributed by atoms with Gasteiger partial charge in [-0.1, -0.05) is 0 Å². The van der Waals surface area contributed by atoms with Gasteiger partial charge in [0.15, 0.2) is 0 Å². The normalized spacial score (nSPS) is 14.6. The Kier molecular flexibility index (Phi) is 3.38. The van der Waals surface area contributed by atoms with Crippen molar-refractivity contribution >= 4 is 17.3 Å². The van der Waals surface area contributed by atoms with Gasteiger partial charge in [-0.3, -0.25) is 10.1 Å². The number of nitro groups is 1. The highest BCUT2D eigenvalue weighted by atomic mass is 16.6. The predicted octanol–water partition coefficient (Wildman–Crippen LogP) is 0.736. The lowest BCUT2D eigenvalue weighted by atomic mass is 10.4. The Bertz CT molecular complexity index is 419. The fourth-order valence-corrected chi connectivity index (χ4v) is 1.47. The van der Waals surface area contributed by atoms with Crippen LogP contribution in [-0.2, 0) is 0 Å². The quantitative estimate of drug-likeness (QED) is 0.382. The molecule has 7 heteroatoms. The van der Waals surface area contributed by atoms with E-state index in [9.17, 15) is 10.1 Å². The molecule has 1 fully saturated rings. The molecule has 0 atom stereocenters. The van der Waals surface area contributed by atoms with Crippen LogP contribution in [0.1, 0.15) is 12.8 Å². The molecule has 0 unspecified atom stereocenters. The summed E-state index contributed by atoms with van der Waals surface area (Å²) in [4.78, 5) is 13.9. The van der Waals surface area contributed by atoms with E-state index in [4.69, 9.17) is 5.73 Å². The molecule has 1 aromatic rings. The Hall–Kier alpha value is -1.89. The number of hydrogen-bond acceptors (Lipinski definition) is 6. The number of nitrogens with zero attached hydrogens (tertiary/aromatic N) is 2. The largest absolute Gasteiger partial charge is 0.378 e. The lowest BCUT2D eigenvalue weighted by Crippen LogP contribution is -2.24. The van der Waals surface area contributed by atoms with Crippen LogP contribution >= 0.6 is 0 Å². The Morgan fingerprint density at radius 3 is 2.82 bits per heavy atom. The van der Waals surface area contributed by atoms with Crippen molar-refractivity contribution in [1.29, 1.82) is 0 Å². The van der Waals surface area contributed by atoms with Crippen LogP contribution in [0, 0.1) is 10.1 Å². The van der Waals surface area contributed by atoms with E-state index in [1.165, 1.54) is 18.9 Å². The van der Waals surface area contributed by atoms with Gasteiger partial charge in [-0.2, -0.15) is 0 Å². The average Bonchev–Trinajstić information content (AvgIpc) is 3.08. The van der Waals surface area contributed by atoms with E-state index in [-0.39, 0.29) is 11.5 Å². The highest BCUT2D eigenvalue weighted by Crippen LogP contribution is 2.20. The van der Waals surface area contributed by atoms with Crippen molar-refractivity contribution in [1.82, 2.24) is 10.3 Å². The van der Waals surface area contributed by atoms with Crippen LogP contribution < -0.4 is 16.4 Å². The number of nitrogen functional groups attached to an aromatic ring is 1. The van der Waals surface area contributed by atoms with Crippen molar-refractivity contribution in [2.45, 2.75) is 18.9 Å². The van der Waals surface area contributed by atoms with Gasteiger partial charge in [-0.25, -0.2) is 4.98 Å². The number of hydrogen-bond donors (Lipinski definition) is 3. The minimum atomic E-state index is -0.541. The minimum Gasteiger partial charge on any atom is -0.378 e. The standard InChI is InChI=1S/C10H15N5O2/c11-10-8(15(16)17)3-4-9(14-10)13-6-5-12-7-1-2-7/h3-4,7,12H,1-2,5-6H2,(H3,11,13,14). The average molecular weight is 237 g/mol. The Balaban J connectivity index is 1.83. The van der Waals surface area contributed by atoms with Crippen LogP contribution in [0.3, 0.4) is 0 Å². The number of nitrogens with two attached hydrogens (primary N) is 1. The van der Waals surface area contributed by atoms with Crippen molar-refractivity contribution in [3.05, 3.63) is 22.2 Å². The molecule has 0 aromatic carbocycles. The molecule has 7 nitrogen and oxygen atoms in total. The number of nitrogens with one attached hydrogen (secondary N) is 2. The second kappa shape index (κ2) is 4.96. The topological polar surface area (TPSA) is 106 Å². The Morgan fingerprint density at radius 1 is 1.47 bits per heavy atom. The molecule has 1 aliphatic carbocycles. The zero-order valence-electron chi connectivity index (χ0n) is 9.35. The summed E-state index contributed by atoms with van der Waals surface area (Å²) >= 11 is 0. The van der Waals surface area contributed by atoms with Crippen molar-refractivity contribution in [2.24, 2.45) is 0 Å². The highest BCUT2D eigenvalue weighted by molar-refractivity contribution is 5.57. The monoisotopic (exact) mass is 237 g/mol. The first-order valence-electron chi connectivity index (χ1n) is 5.55. The molecule has 2 rings (SSSR count). The van der Waals surface area contributed by atoms with E-state index < -0.39 is 4.92 Å². The maximum Gasteiger partial charge on any atom is 0.311 e. The fourth-order valence-electron chi connectivity index (χ4n) is 1.47. The molecule has 0 bridgehead atoms. The lowest BCUT2D eigenvalue weighted by molar-refractivity contribution is -0.384. The van der Waals surface area contributed by atoms with Crippen molar-refractivity contribution < 1.29 is 4.92 Å². The molecule has 17 heavy (non-hydrogen) atoms. The van der Waals surface area contributed by atoms with Gasteiger partial charge in [0.2, 0.25) is 5.82 Å². The van der Waals surface area contributed by atoms with Crippen LogP contribution in [-0.4, -0.2) is 29.0 Å². The summed E-state index contributed by atoms with van der Waals surface area (Å²) < 4.78 is 0. The summed E-state index contributed by atoms with van der Waals surface area (Å²) in [5.41, 5.74) is 5.32. The molecule has 92 valence electrons. The Labute approximate surface area is 98.6 Å². The summed E-state index contributed by atoms with van der Waals surface area (Å²) in [6.07, 6.45) is 2.51. The summed E-state index contributed by atoms with van der Waals surface area (Å²) in [7, 11) is 0. The fraction of sp³-hybridized carbons (Fsp3) is 0.500. The van der Waals surface area contributed by atoms with Gasteiger partial charge in [0, 0.05) is 25.2 Å². The van der Waals surface area contributed by atoms with Crippen LogP contribution in [0.5, 0.6) is 0 Å². The molecule has 0 spiro atoms. The van der Waals surface area contributed by atoms with Crippen LogP contribution in [0.15, 0.2) is 12.1 Å². The molecular weight excluding hydrogens is 222 g/mol. The van der Waals surface area contributed by atoms with Gasteiger partial charge in [0.05, 0.1) is 4.92 Å². The maximum absolute atomic E-state index is 10.5. The van der Waals surface area contributed by atoms with Crippen molar-refractivity contribution in [2.75, 3.05) is 24.1 Å². The smallest absolute Gasteiger partial charge is 0.311 e. The second-order valence-corrected chi connectivity index (χ2v) is 4.01. The highest BCUT2D eigenvalue weighted by Gasteiger charge is 2.19. The summed E-state index contributed by atoms with van der Waals surface area (Å²) in [6, 6.07) is 3.59. The number of anilines is 2. The lowest BCUT2D eigenvalue weighted by Gasteiger charge is -2.06. The molecule has 1 heterocycles. The molecule has 4 N–H and O–H groups in total. The van der Waals surface area contributed by atoms with E-state index in [1.54, 1.807) is 6.07 Å². The first-order valence-corrected chi connectivity index (χ1v) is 5.55. The van der Waals surface area contributed by atoms with E-state index in [2.05, 4.69) is 15.6 Å². The maximum atomic E-state index is 10.5. The summed E-state index contributed by atoms with van der Waals surface area (Å²) in [5, 5.41) is 16.9. The third-order valence-corrected chi connectivity index (χ3v) is 2.54. The zero-order valence-corrected chi connectivity index (χ0v) is 9.35. The Morgan fingerprint density at radius 2 is 2.24 bits per heavy atom. The van der Waals surface area contributed by atoms with E-state index in [0.717, 1.165) is 13.1 Å². The number of rotatable bonds is 6. The molecule has 1 saturated carbocycles. The first-order chi connectivity index (χ1) is 8.16. The SMILES string of the molecule is Nc1nc(NCCNC2CC2)ccc1[N+](=O)[O-]. The van der Waals surface area contributed by atoms with Gasteiger partial charge < -0.3 is 16.4 Å². The van der Waals surface area contributed by atoms with Crippen LogP contribution in [0.2, 0.25) is 0 Å². The van der Waals surface area contributed by atoms with E-state index in [0.29, 0.717) is 11.9 Å². The molecule has 1 aromatic heterocycles. The third-order valence-electron chi connectivity index (χ3n) is 2.54. The number of pyridine rings is 1. The van der Waals surface area contributed by atoms with Crippen LogP contribution in [0.25, 0.3) is 0 Å². The molecule has 1 aliphatic rings. The predicted molar refractivity (Wildman–Crippen MR) is 64.8 cm³/mol. The first kappa shape index (κ1) is 11.6. The summed E-state index contributed by atoms with van der Waals surface area (Å²) in [5.74, 6) is 0.501. The molecular formula is C10H15N5O2. The van der Waals surface area contributed by atoms with E-state index in [1.807, 2.05) is 0 Å². The summed E-state index contributed by atoms with van der Waals surface area (Å²) in [6.45, 7) is 1.57. The van der Waals surface area contributed by atoms with Gasteiger partial charge in [-0.05, 0) is 18.9 Å². The third kappa shape index (κ3) is 3.28. The molecule has 0 saturated heterocycles. The van der Waals surface area contributed by atoms with Gasteiger partial charge in [0.1, 0.15) is 5.82 Å². The zero-order chi connectivity index (χ0) is 12.3.